The summed E-state index contributed by atoms with van der Waals surface area (Å²) in [5.41, 5.74) is 0.864. The number of nitrogens with zero attached hydrogens (tertiary/aromatic N) is 1. The summed E-state index contributed by atoms with van der Waals surface area (Å²) >= 11 is 23.6. The van der Waals surface area contributed by atoms with Crippen molar-refractivity contribution in [2.24, 2.45) is 0 Å². The summed E-state index contributed by atoms with van der Waals surface area (Å²) in [7, 11) is 0. The van der Waals surface area contributed by atoms with E-state index >= 15 is 0 Å². The fourth-order valence-corrected chi connectivity index (χ4v) is 2.20. The molecule has 6 heteroatoms. The Balaban J connectivity index is 2.65. The Morgan fingerprint density at radius 3 is 2.29 bits per heavy atom. The lowest BCUT2D eigenvalue weighted by molar-refractivity contribution is 0.622. The number of halogens is 5. The van der Waals surface area contributed by atoms with E-state index in [9.17, 15) is 4.39 Å². The van der Waals surface area contributed by atoms with Crippen molar-refractivity contribution in [2.45, 2.75) is 0 Å². The predicted octanol–water partition coefficient (Wildman–Crippen LogP) is 5.50. The Bertz CT molecular complexity index is 586. The Kier molecular flexibility index (Phi) is 3.79. The Hall–Kier alpha value is -0.540. The van der Waals surface area contributed by atoms with Crippen LogP contribution in [0.3, 0.4) is 0 Å². The van der Waals surface area contributed by atoms with Gasteiger partial charge in [-0.3, -0.25) is 4.98 Å². The number of pyridine rings is 1. The second kappa shape index (κ2) is 4.99. The van der Waals surface area contributed by atoms with Gasteiger partial charge in [0.05, 0.1) is 32.0 Å². The first-order valence-corrected chi connectivity index (χ1v) is 5.97. The molecule has 17 heavy (non-hydrogen) atoms. The SMILES string of the molecule is Fc1cnc(-c2ccc(Cl)c(Cl)c2Cl)c(Cl)c1. The van der Waals surface area contributed by atoms with Crippen molar-refractivity contribution in [3.63, 3.8) is 0 Å². The monoisotopic (exact) mass is 309 g/mol. The fraction of sp³-hybridized carbons (Fsp3) is 0. The molecule has 1 aromatic heterocycles. The molecule has 0 spiro atoms. The van der Waals surface area contributed by atoms with Crippen LogP contribution in [-0.4, -0.2) is 4.98 Å². The zero-order valence-corrected chi connectivity index (χ0v) is 11.2. The van der Waals surface area contributed by atoms with Gasteiger partial charge in [-0.25, -0.2) is 4.39 Å². The third-order valence-electron chi connectivity index (χ3n) is 2.10. The highest BCUT2D eigenvalue weighted by Gasteiger charge is 2.14. The van der Waals surface area contributed by atoms with E-state index < -0.39 is 5.82 Å². The maximum atomic E-state index is 12.9. The van der Waals surface area contributed by atoms with E-state index in [4.69, 9.17) is 46.4 Å². The summed E-state index contributed by atoms with van der Waals surface area (Å²) in [4.78, 5) is 3.89. The van der Waals surface area contributed by atoms with Crippen LogP contribution in [0, 0.1) is 5.82 Å². The smallest absolute Gasteiger partial charge is 0.143 e. The second-order valence-electron chi connectivity index (χ2n) is 3.21. The van der Waals surface area contributed by atoms with Gasteiger partial charge in [0.15, 0.2) is 0 Å². The highest BCUT2D eigenvalue weighted by atomic mass is 35.5. The molecule has 0 unspecified atom stereocenters. The molecule has 0 atom stereocenters. The van der Waals surface area contributed by atoms with Crippen molar-refractivity contribution in [3.05, 3.63) is 50.3 Å². The average molecular weight is 311 g/mol. The molecule has 2 aromatic rings. The molecule has 0 aliphatic rings. The van der Waals surface area contributed by atoms with Crippen LogP contribution in [0.15, 0.2) is 24.4 Å². The van der Waals surface area contributed by atoms with Gasteiger partial charge < -0.3 is 0 Å². The first-order valence-electron chi connectivity index (χ1n) is 4.45. The maximum Gasteiger partial charge on any atom is 0.143 e. The summed E-state index contributed by atoms with van der Waals surface area (Å²) in [5, 5.41) is 0.942. The van der Waals surface area contributed by atoms with E-state index in [1.54, 1.807) is 12.1 Å². The lowest BCUT2D eigenvalue weighted by Crippen LogP contribution is -1.89. The van der Waals surface area contributed by atoms with E-state index in [0.29, 0.717) is 16.3 Å². The molecule has 88 valence electrons. The van der Waals surface area contributed by atoms with E-state index in [2.05, 4.69) is 4.98 Å². The molecule has 0 N–H and O–H groups in total. The highest BCUT2D eigenvalue weighted by Crippen LogP contribution is 2.39. The molecule has 0 radical (unpaired) electrons. The quantitative estimate of drug-likeness (QED) is 0.634. The van der Waals surface area contributed by atoms with Gasteiger partial charge in [0.25, 0.3) is 0 Å². The summed E-state index contributed by atoms with van der Waals surface area (Å²) in [6.07, 6.45) is 1.06. The zero-order valence-electron chi connectivity index (χ0n) is 8.15. The average Bonchev–Trinajstić information content (AvgIpc) is 2.28. The van der Waals surface area contributed by atoms with Gasteiger partial charge in [-0.2, -0.15) is 0 Å². The van der Waals surface area contributed by atoms with E-state index in [-0.39, 0.29) is 15.1 Å². The molecule has 0 aliphatic carbocycles. The van der Waals surface area contributed by atoms with Crippen LogP contribution in [0.5, 0.6) is 0 Å². The fourth-order valence-electron chi connectivity index (χ4n) is 1.32. The minimum Gasteiger partial charge on any atom is -0.252 e. The highest BCUT2D eigenvalue weighted by molar-refractivity contribution is 6.49. The molecule has 0 fully saturated rings. The largest absolute Gasteiger partial charge is 0.252 e. The summed E-state index contributed by atoms with van der Waals surface area (Å²) in [5.74, 6) is -0.519. The molecule has 1 aromatic carbocycles. The molecule has 0 saturated carbocycles. The first-order chi connectivity index (χ1) is 8.00. The molecule has 1 nitrogen and oxygen atoms in total. The Morgan fingerprint density at radius 2 is 1.65 bits per heavy atom. The van der Waals surface area contributed by atoms with Crippen molar-refractivity contribution >= 4 is 46.4 Å². The number of rotatable bonds is 1. The lowest BCUT2D eigenvalue weighted by atomic mass is 10.1. The summed E-state index contributed by atoms with van der Waals surface area (Å²) < 4.78 is 12.9. The first kappa shape index (κ1) is 12.9. The zero-order chi connectivity index (χ0) is 12.6. The van der Waals surface area contributed by atoms with Gasteiger partial charge in [-0.1, -0.05) is 46.4 Å². The Morgan fingerprint density at radius 1 is 0.941 bits per heavy atom. The van der Waals surface area contributed by atoms with Crippen LogP contribution in [0.2, 0.25) is 20.1 Å². The van der Waals surface area contributed by atoms with Gasteiger partial charge in [-0.15, -0.1) is 0 Å². The van der Waals surface area contributed by atoms with Gasteiger partial charge in [0.2, 0.25) is 0 Å². The number of aromatic nitrogens is 1. The van der Waals surface area contributed by atoms with Crippen molar-refractivity contribution in [1.82, 2.24) is 4.98 Å². The molecule has 0 bridgehead atoms. The van der Waals surface area contributed by atoms with Crippen molar-refractivity contribution in [1.29, 1.82) is 0 Å². The van der Waals surface area contributed by atoms with Crippen molar-refractivity contribution in [2.75, 3.05) is 0 Å². The molecule has 0 aliphatic heterocycles. The van der Waals surface area contributed by atoms with Gasteiger partial charge in [0, 0.05) is 5.56 Å². The third kappa shape index (κ3) is 2.50. The summed E-state index contributed by atoms with van der Waals surface area (Å²) in [6, 6.07) is 4.36. The van der Waals surface area contributed by atoms with Gasteiger partial charge in [-0.05, 0) is 18.2 Å². The van der Waals surface area contributed by atoms with Crippen molar-refractivity contribution in [3.8, 4) is 11.3 Å². The van der Waals surface area contributed by atoms with Gasteiger partial charge >= 0.3 is 0 Å². The molecular weight excluding hydrogens is 307 g/mol. The molecule has 2 rings (SSSR count). The number of benzene rings is 1. The Labute approximate surface area is 117 Å². The number of hydrogen-bond donors (Lipinski definition) is 0. The van der Waals surface area contributed by atoms with Crippen LogP contribution in [0.25, 0.3) is 11.3 Å². The van der Waals surface area contributed by atoms with Crippen LogP contribution >= 0.6 is 46.4 Å². The van der Waals surface area contributed by atoms with E-state index in [1.165, 1.54) is 0 Å². The van der Waals surface area contributed by atoms with Crippen LogP contribution in [-0.2, 0) is 0 Å². The minimum absolute atomic E-state index is 0.158. The van der Waals surface area contributed by atoms with E-state index in [0.717, 1.165) is 12.3 Å². The number of hydrogen-bond acceptors (Lipinski definition) is 1. The van der Waals surface area contributed by atoms with Gasteiger partial charge in [0.1, 0.15) is 5.82 Å². The van der Waals surface area contributed by atoms with Crippen molar-refractivity contribution < 1.29 is 4.39 Å². The second-order valence-corrected chi connectivity index (χ2v) is 4.78. The molecule has 0 saturated heterocycles. The molecular formula is C11H4Cl4FN. The van der Waals surface area contributed by atoms with Crippen LogP contribution < -0.4 is 0 Å². The third-order valence-corrected chi connectivity index (χ3v) is 3.68. The molecule has 0 amide bonds. The predicted molar refractivity (Wildman–Crippen MR) is 69.7 cm³/mol. The lowest BCUT2D eigenvalue weighted by Gasteiger charge is -2.08. The summed E-state index contributed by atoms with van der Waals surface area (Å²) in [6.45, 7) is 0. The van der Waals surface area contributed by atoms with Crippen LogP contribution in [0.4, 0.5) is 4.39 Å². The molecule has 1 heterocycles. The maximum absolute atomic E-state index is 12.9. The minimum atomic E-state index is -0.519. The van der Waals surface area contributed by atoms with Crippen LogP contribution in [0.1, 0.15) is 0 Å². The standard InChI is InChI=1S/C11H4Cl4FN/c12-7-2-1-6(9(14)10(7)15)11-8(13)3-5(16)4-17-11/h1-4H. The normalized spacial score (nSPS) is 10.6. The van der Waals surface area contributed by atoms with E-state index in [1.807, 2.05) is 0 Å². The topological polar surface area (TPSA) is 12.9 Å².